The van der Waals surface area contributed by atoms with E-state index in [1.54, 1.807) is 24.5 Å². The number of nitrogens with one attached hydrogen (secondary N) is 1. The van der Waals surface area contributed by atoms with Gasteiger partial charge in [-0.15, -0.1) is 0 Å². The Balaban J connectivity index is 1.85. The Morgan fingerprint density at radius 1 is 1.09 bits per heavy atom. The van der Waals surface area contributed by atoms with Crippen LogP contribution in [0.15, 0.2) is 42.7 Å². The van der Waals surface area contributed by atoms with Crippen molar-refractivity contribution in [3.8, 4) is 0 Å². The van der Waals surface area contributed by atoms with Gasteiger partial charge in [0.1, 0.15) is 10.8 Å². The number of hydrogen-bond acceptors (Lipinski definition) is 2. The van der Waals surface area contributed by atoms with Crippen molar-refractivity contribution in [3.05, 3.63) is 59.7 Å². The van der Waals surface area contributed by atoms with Crippen molar-refractivity contribution in [3.63, 3.8) is 0 Å². The Morgan fingerprint density at radius 2 is 1.82 bits per heavy atom. The molecular weight excluding hydrogens is 295 g/mol. The van der Waals surface area contributed by atoms with Crippen LogP contribution in [0.5, 0.6) is 0 Å². The summed E-state index contributed by atoms with van der Waals surface area (Å²) in [5, 5.41) is 3.23. The number of nitrogens with zero attached hydrogens (tertiary/aromatic N) is 1. The van der Waals surface area contributed by atoms with E-state index in [0.29, 0.717) is 10.9 Å². The second kappa shape index (κ2) is 6.97. The maximum Gasteiger partial charge on any atom is 0.125 e. The Kier molecular flexibility index (Phi) is 4.78. The summed E-state index contributed by atoms with van der Waals surface area (Å²) < 4.78 is 13.7. The molecule has 0 atom stereocenters. The van der Waals surface area contributed by atoms with Gasteiger partial charge in [0.05, 0.1) is 0 Å². The predicted molar refractivity (Wildman–Crippen MR) is 91.8 cm³/mol. The van der Waals surface area contributed by atoms with Gasteiger partial charge in [0.15, 0.2) is 0 Å². The average Bonchev–Trinajstić information content (AvgIpc) is 2.56. The minimum atomic E-state index is -0.236. The number of hydrogen-bond donors (Lipinski definition) is 1. The number of anilines is 1. The fourth-order valence-electron chi connectivity index (χ4n) is 3.10. The van der Waals surface area contributed by atoms with Gasteiger partial charge in [-0.1, -0.05) is 37.5 Å². The van der Waals surface area contributed by atoms with Gasteiger partial charge in [0, 0.05) is 23.6 Å². The zero-order valence-corrected chi connectivity index (χ0v) is 13.2. The number of benzene rings is 1. The number of aromatic nitrogens is 1. The standard InChI is InChI=1S/C18H19FN2S/c19-15-6-7-16(13-4-2-1-3-5-13)17(12-15)21-18(22)14-8-10-20-11-9-14/h6-13H,1-5H2,(H,21,22). The van der Waals surface area contributed by atoms with Crippen LogP contribution in [0.3, 0.4) is 0 Å². The molecule has 1 N–H and O–H groups in total. The first kappa shape index (κ1) is 15.1. The Bertz CT molecular complexity index is 651. The molecule has 2 nitrogen and oxygen atoms in total. The van der Waals surface area contributed by atoms with Crippen molar-refractivity contribution < 1.29 is 4.39 Å². The topological polar surface area (TPSA) is 24.9 Å². The van der Waals surface area contributed by atoms with Crippen LogP contribution < -0.4 is 5.32 Å². The monoisotopic (exact) mass is 314 g/mol. The Labute approximate surface area is 135 Å². The highest BCUT2D eigenvalue weighted by atomic mass is 32.1. The van der Waals surface area contributed by atoms with Crippen LogP contribution in [0.4, 0.5) is 10.1 Å². The Morgan fingerprint density at radius 3 is 2.55 bits per heavy atom. The fraction of sp³-hybridized carbons (Fsp3) is 0.333. The maximum absolute atomic E-state index is 13.7. The van der Waals surface area contributed by atoms with Gasteiger partial charge >= 0.3 is 0 Å². The molecule has 0 spiro atoms. The second-order valence-electron chi connectivity index (χ2n) is 5.76. The van der Waals surface area contributed by atoms with E-state index in [-0.39, 0.29) is 5.82 Å². The van der Waals surface area contributed by atoms with E-state index in [0.717, 1.165) is 11.3 Å². The average molecular weight is 314 g/mol. The summed E-state index contributed by atoms with van der Waals surface area (Å²) in [5.74, 6) is 0.261. The van der Waals surface area contributed by atoms with E-state index >= 15 is 0 Å². The van der Waals surface area contributed by atoms with Crippen molar-refractivity contribution in [1.82, 2.24) is 4.98 Å². The molecule has 0 unspecified atom stereocenters. The highest BCUT2D eigenvalue weighted by Crippen LogP contribution is 2.36. The summed E-state index contributed by atoms with van der Waals surface area (Å²) in [6.07, 6.45) is 9.54. The molecule has 1 heterocycles. The van der Waals surface area contributed by atoms with E-state index < -0.39 is 0 Å². The normalized spacial score (nSPS) is 15.5. The number of rotatable bonds is 3. The van der Waals surface area contributed by atoms with E-state index in [1.165, 1.54) is 37.7 Å². The summed E-state index contributed by atoms with van der Waals surface area (Å²) in [4.78, 5) is 4.59. The summed E-state index contributed by atoms with van der Waals surface area (Å²) >= 11 is 5.45. The van der Waals surface area contributed by atoms with Gasteiger partial charge in [0.2, 0.25) is 0 Å². The van der Waals surface area contributed by atoms with Crippen LogP contribution in [-0.2, 0) is 0 Å². The summed E-state index contributed by atoms with van der Waals surface area (Å²) in [6.45, 7) is 0. The highest BCUT2D eigenvalue weighted by Gasteiger charge is 2.19. The number of thiocarbonyl (C=S) groups is 1. The van der Waals surface area contributed by atoms with Crippen molar-refractivity contribution in [2.24, 2.45) is 0 Å². The minimum absolute atomic E-state index is 0.236. The van der Waals surface area contributed by atoms with Crippen molar-refractivity contribution in [2.45, 2.75) is 38.0 Å². The molecule has 114 valence electrons. The van der Waals surface area contributed by atoms with Gasteiger partial charge in [-0.25, -0.2) is 4.39 Å². The lowest BCUT2D eigenvalue weighted by Crippen LogP contribution is -2.14. The predicted octanol–water partition coefficient (Wildman–Crippen LogP) is 5.06. The van der Waals surface area contributed by atoms with Crippen LogP contribution in [0.2, 0.25) is 0 Å². The van der Waals surface area contributed by atoms with E-state index in [1.807, 2.05) is 18.2 Å². The third-order valence-corrected chi connectivity index (χ3v) is 4.59. The van der Waals surface area contributed by atoms with Gasteiger partial charge < -0.3 is 5.32 Å². The van der Waals surface area contributed by atoms with Crippen LogP contribution in [-0.4, -0.2) is 9.97 Å². The van der Waals surface area contributed by atoms with Crippen molar-refractivity contribution >= 4 is 22.9 Å². The molecule has 0 saturated heterocycles. The maximum atomic E-state index is 13.7. The first-order valence-electron chi connectivity index (χ1n) is 7.75. The smallest absolute Gasteiger partial charge is 0.125 e. The molecule has 1 saturated carbocycles. The molecular formula is C18H19FN2S. The molecule has 1 fully saturated rings. The molecule has 22 heavy (non-hydrogen) atoms. The molecule has 0 bridgehead atoms. The van der Waals surface area contributed by atoms with Gasteiger partial charge in [0.25, 0.3) is 0 Å². The minimum Gasteiger partial charge on any atom is -0.346 e. The lowest BCUT2D eigenvalue weighted by atomic mass is 9.83. The third-order valence-electron chi connectivity index (χ3n) is 4.25. The lowest BCUT2D eigenvalue weighted by molar-refractivity contribution is 0.444. The highest BCUT2D eigenvalue weighted by molar-refractivity contribution is 7.81. The molecule has 0 radical (unpaired) electrons. The zero-order valence-electron chi connectivity index (χ0n) is 12.4. The third kappa shape index (κ3) is 3.50. The summed E-state index contributed by atoms with van der Waals surface area (Å²) in [7, 11) is 0. The van der Waals surface area contributed by atoms with Gasteiger partial charge in [-0.3, -0.25) is 4.98 Å². The molecule has 2 aromatic rings. The first-order chi connectivity index (χ1) is 10.7. The number of pyridine rings is 1. The summed E-state index contributed by atoms with van der Waals surface area (Å²) in [6, 6.07) is 8.72. The zero-order chi connectivity index (χ0) is 15.4. The molecule has 1 aliphatic rings. The largest absolute Gasteiger partial charge is 0.346 e. The van der Waals surface area contributed by atoms with Crippen LogP contribution in [0.1, 0.15) is 49.1 Å². The molecule has 3 rings (SSSR count). The second-order valence-corrected chi connectivity index (χ2v) is 6.16. The van der Waals surface area contributed by atoms with Gasteiger partial charge in [-0.05, 0) is 48.6 Å². The van der Waals surface area contributed by atoms with E-state index in [4.69, 9.17) is 12.2 Å². The molecule has 1 aromatic carbocycles. The van der Waals surface area contributed by atoms with E-state index in [2.05, 4.69) is 10.3 Å². The van der Waals surface area contributed by atoms with Crippen LogP contribution >= 0.6 is 12.2 Å². The van der Waals surface area contributed by atoms with Gasteiger partial charge in [-0.2, -0.15) is 0 Å². The molecule has 4 heteroatoms. The van der Waals surface area contributed by atoms with Crippen LogP contribution in [0, 0.1) is 5.82 Å². The molecule has 0 amide bonds. The quantitative estimate of drug-likeness (QED) is 0.802. The SMILES string of the molecule is Fc1ccc(C2CCCCC2)c(NC(=S)c2ccncc2)c1. The summed E-state index contributed by atoms with van der Waals surface area (Å²) in [5.41, 5.74) is 2.87. The van der Waals surface area contributed by atoms with Crippen molar-refractivity contribution in [2.75, 3.05) is 5.32 Å². The fourth-order valence-corrected chi connectivity index (χ4v) is 3.35. The molecule has 0 aliphatic heterocycles. The lowest BCUT2D eigenvalue weighted by Gasteiger charge is -2.25. The Hall–Kier alpha value is -1.81. The van der Waals surface area contributed by atoms with Crippen molar-refractivity contribution in [1.29, 1.82) is 0 Å². The first-order valence-corrected chi connectivity index (χ1v) is 8.15. The molecule has 1 aliphatic carbocycles. The van der Waals surface area contributed by atoms with Crippen LogP contribution in [0.25, 0.3) is 0 Å². The molecule has 1 aromatic heterocycles. The number of halogens is 1. The van der Waals surface area contributed by atoms with E-state index in [9.17, 15) is 4.39 Å².